The van der Waals surface area contributed by atoms with Gasteiger partial charge in [0, 0.05) is 6.04 Å². The van der Waals surface area contributed by atoms with Crippen LogP contribution in [-0.2, 0) is 6.54 Å². The average molecular weight is 230 g/mol. The molecule has 1 heterocycles. The Balaban J connectivity index is 1.92. The van der Waals surface area contributed by atoms with E-state index in [2.05, 4.69) is 23.8 Å². The van der Waals surface area contributed by atoms with Gasteiger partial charge in [0.1, 0.15) is 5.52 Å². The van der Waals surface area contributed by atoms with E-state index in [9.17, 15) is 0 Å². The Morgan fingerprint density at radius 3 is 3.06 bits per heavy atom. The first-order valence-electron chi connectivity index (χ1n) is 5.98. The zero-order valence-corrected chi connectivity index (χ0v) is 10.1. The molecule has 2 rings (SSSR count). The Bertz CT molecular complexity index is 457. The van der Waals surface area contributed by atoms with Gasteiger partial charge in [-0.25, -0.2) is 4.98 Å². The van der Waals surface area contributed by atoms with Gasteiger partial charge >= 0.3 is 0 Å². The van der Waals surface area contributed by atoms with Crippen molar-refractivity contribution in [3.8, 4) is 0 Å². The van der Waals surface area contributed by atoms with Crippen molar-refractivity contribution in [2.75, 3.05) is 0 Å². The van der Waals surface area contributed by atoms with Crippen LogP contribution in [0.15, 0.2) is 41.3 Å². The second kappa shape index (κ2) is 5.64. The number of para-hydroxylation sites is 2. The smallest absolute Gasteiger partial charge is 0.209 e. The second-order valence-electron chi connectivity index (χ2n) is 4.22. The van der Waals surface area contributed by atoms with Crippen LogP contribution in [0.4, 0.5) is 0 Å². The molecule has 1 aromatic heterocycles. The van der Waals surface area contributed by atoms with Crippen molar-refractivity contribution in [3.05, 3.63) is 42.8 Å². The van der Waals surface area contributed by atoms with Crippen LogP contribution in [0.25, 0.3) is 11.1 Å². The number of nitrogens with zero attached hydrogens (tertiary/aromatic N) is 1. The molecule has 90 valence electrons. The van der Waals surface area contributed by atoms with Crippen molar-refractivity contribution < 1.29 is 4.42 Å². The number of aromatic nitrogens is 1. The molecule has 0 aliphatic heterocycles. The third kappa shape index (κ3) is 3.17. The van der Waals surface area contributed by atoms with Crippen molar-refractivity contribution in [1.29, 1.82) is 0 Å². The normalized spacial score (nSPS) is 12.8. The molecule has 0 bridgehead atoms. The van der Waals surface area contributed by atoms with Gasteiger partial charge in [-0.1, -0.05) is 18.2 Å². The van der Waals surface area contributed by atoms with Gasteiger partial charge in [0.2, 0.25) is 5.89 Å². The first-order chi connectivity index (χ1) is 8.29. The van der Waals surface area contributed by atoms with E-state index in [1.165, 1.54) is 0 Å². The molecule has 0 fully saturated rings. The van der Waals surface area contributed by atoms with Crippen LogP contribution in [0.1, 0.15) is 25.7 Å². The van der Waals surface area contributed by atoms with E-state index in [4.69, 9.17) is 4.42 Å². The predicted octanol–water partition coefficient (Wildman–Crippen LogP) is 3.27. The lowest BCUT2D eigenvalue weighted by molar-refractivity contribution is 0.449. The molecule has 1 N–H and O–H groups in total. The van der Waals surface area contributed by atoms with Crippen molar-refractivity contribution in [1.82, 2.24) is 10.3 Å². The minimum atomic E-state index is 0.447. The summed E-state index contributed by atoms with van der Waals surface area (Å²) in [6.45, 7) is 6.55. The number of fused-ring (bicyclic) bond motifs is 1. The fourth-order valence-corrected chi connectivity index (χ4v) is 1.73. The van der Waals surface area contributed by atoms with E-state index in [0.29, 0.717) is 12.6 Å². The van der Waals surface area contributed by atoms with Crippen LogP contribution in [0, 0.1) is 0 Å². The van der Waals surface area contributed by atoms with E-state index in [0.717, 1.165) is 29.8 Å². The van der Waals surface area contributed by atoms with Gasteiger partial charge in [-0.05, 0) is 31.9 Å². The molecule has 1 unspecified atom stereocenters. The summed E-state index contributed by atoms with van der Waals surface area (Å²) >= 11 is 0. The molecular formula is C14H18N2O. The molecule has 17 heavy (non-hydrogen) atoms. The van der Waals surface area contributed by atoms with Crippen molar-refractivity contribution in [2.24, 2.45) is 0 Å². The van der Waals surface area contributed by atoms with Gasteiger partial charge in [0.15, 0.2) is 5.58 Å². The Morgan fingerprint density at radius 2 is 2.29 bits per heavy atom. The number of hydrogen-bond acceptors (Lipinski definition) is 3. The SMILES string of the molecule is C=CCCC(C)NCc1nc2ccccc2o1. The highest BCUT2D eigenvalue weighted by Crippen LogP contribution is 2.14. The molecule has 0 aliphatic carbocycles. The van der Waals surface area contributed by atoms with E-state index in [1.54, 1.807) is 0 Å². The summed E-state index contributed by atoms with van der Waals surface area (Å²) in [6.07, 6.45) is 4.06. The second-order valence-corrected chi connectivity index (χ2v) is 4.22. The summed E-state index contributed by atoms with van der Waals surface area (Å²) in [6, 6.07) is 8.27. The number of hydrogen-bond donors (Lipinski definition) is 1. The molecule has 0 saturated heterocycles. The summed E-state index contributed by atoms with van der Waals surface area (Å²) in [4.78, 5) is 4.42. The monoisotopic (exact) mass is 230 g/mol. The zero-order chi connectivity index (χ0) is 12.1. The summed E-state index contributed by atoms with van der Waals surface area (Å²) in [5.74, 6) is 0.747. The molecule has 1 atom stereocenters. The van der Waals surface area contributed by atoms with E-state index in [-0.39, 0.29) is 0 Å². The van der Waals surface area contributed by atoms with Crippen LogP contribution in [0.5, 0.6) is 0 Å². The minimum Gasteiger partial charge on any atom is -0.439 e. The highest BCUT2D eigenvalue weighted by atomic mass is 16.3. The molecule has 0 radical (unpaired) electrons. The lowest BCUT2D eigenvalue weighted by atomic mass is 10.2. The van der Waals surface area contributed by atoms with Gasteiger partial charge in [0.05, 0.1) is 6.54 Å². The van der Waals surface area contributed by atoms with Gasteiger partial charge < -0.3 is 9.73 Å². The first kappa shape index (κ1) is 11.9. The maximum atomic E-state index is 5.63. The molecule has 1 aromatic carbocycles. The minimum absolute atomic E-state index is 0.447. The largest absolute Gasteiger partial charge is 0.439 e. The maximum absolute atomic E-state index is 5.63. The van der Waals surface area contributed by atoms with Gasteiger partial charge in [-0.15, -0.1) is 6.58 Å². The standard InChI is InChI=1S/C14H18N2O/c1-3-4-7-11(2)15-10-14-16-12-8-5-6-9-13(12)17-14/h3,5-6,8-9,11,15H,1,4,7,10H2,2H3. The van der Waals surface area contributed by atoms with Crippen LogP contribution in [0.3, 0.4) is 0 Å². The fourth-order valence-electron chi connectivity index (χ4n) is 1.73. The third-order valence-electron chi connectivity index (χ3n) is 2.74. The summed E-state index contributed by atoms with van der Waals surface area (Å²) < 4.78 is 5.63. The molecule has 2 aromatic rings. The van der Waals surface area contributed by atoms with Crippen LogP contribution < -0.4 is 5.32 Å². The number of benzene rings is 1. The van der Waals surface area contributed by atoms with E-state index >= 15 is 0 Å². The van der Waals surface area contributed by atoms with Gasteiger partial charge in [-0.3, -0.25) is 0 Å². The van der Waals surface area contributed by atoms with Crippen LogP contribution in [0.2, 0.25) is 0 Å². The van der Waals surface area contributed by atoms with Gasteiger partial charge in [0.25, 0.3) is 0 Å². The molecule has 3 nitrogen and oxygen atoms in total. The van der Waals surface area contributed by atoms with E-state index < -0.39 is 0 Å². The molecule has 0 aliphatic rings. The van der Waals surface area contributed by atoms with Crippen molar-refractivity contribution >= 4 is 11.1 Å². The van der Waals surface area contributed by atoms with Crippen LogP contribution >= 0.6 is 0 Å². The summed E-state index contributed by atoms with van der Waals surface area (Å²) in [7, 11) is 0. The number of allylic oxidation sites excluding steroid dienone is 1. The van der Waals surface area contributed by atoms with Gasteiger partial charge in [-0.2, -0.15) is 0 Å². The first-order valence-corrected chi connectivity index (χ1v) is 5.98. The fraction of sp³-hybridized carbons (Fsp3) is 0.357. The Kier molecular flexibility index (Phi) is 3.94. The Hall–Kier alpha value is -1.61. The number of oxazole rings is 1. The molecule has 0 spiro atoms. The van der Waals surface area contributed by atoms with E-state index in [1.807, 2.05) is 30.3 Å². The quantitative estimate of drug-likeness (QED) is 0.774. The molecular weight excluding hydrogens is 212 g/mol. The molecule has 0 amide bonds. The summed E-state index contributed by atoms with van der Waals surface area (Å²) in [5.41, 5.74) is 1.77. The Morgan fingerprint density at radius 1 is 1.47 bits per heavy atom. The zero-order valence-electron chi connectivity index (χ0n) is 10.1. The maximum Gasteiger partial charge on any atom is 0.209 e. The highest BCUT2D eigenvalue weighted by molar-refractivity contribution is 5.72. The topological polar surface area (TPSA) is 38.1 Å². The predicted molar refractivity (Wildman–Crippen MR) is 69.7 cm³/mol. The lowest BCUT2D eigenvalue weighted by Gasteiger charge is -2.10. The van der Waals surface area contributed by atoms with Crippen LogP contribution in [-0.4, -0.2) is 11.0 Å². The average Bonchev–Trinajstić information content (AvgIpc) is 2.76. The van der Waals surface area contributed by atoms with Crippen molar-refractivity contribution in [2.45, 2.75) is 32.4 Å². The molecule has 3 heteroatoms. The third-order valence-corrected chi connectivity index (χ3v) is 2.74. The number of nitrogens with one attached hydrogen (secondary N) is 1. The highest BCUT2D eigenvalue weighted by Gasteiger charge is 2.06. The number of rotatable bonds is 6. The van der Waals surface area contributed by atoms with Crippen molar-refractivity contribution in [3.63, 3.8) is 0 Å². The Labute approximate surface area is 102 Å². The molecule has 0 saturated carbocycles. The summed E-state index contributed by atoms with van der Waals surface area (Å²) in [5, 5.41) is 3.39. The lowest BCUT2D eigenvalue weighted by Crippen LogP contribution is -2.25.